The predicted molar refractivity (Wildman–Crippen MR) is 64.7 cm³/mol. The first-order chi connectivity index (χ1) is 7.58. The van der Waals surface area contributed by atoms with E-state index < -0.39 is 0 Å². The molecule has 0 aromatic carbocycles. The average molecular weight is 259 g/mol. The third-order valence-electron chi connectivity index (χ3n) is 1.33. The molecule has 0 spiro atoms. The number of carbonyl (C=O) groups is 1. The Labute approximate surface area is 103 Å². The first-order valence-electron chi connectivity index (χ1n) is 4.48. The number of carbonyl (C=O) groups excluding carboxylic acids is 1. The highest BCUT2D eigenvalue weighted by Gasteiger charge is 2.03. The molecule has 0 bridgehead atoms. The fourth-order valence-corrected chi connectivity index (χ4v) is 1.39. The molecular weight excluding hydrogens is 248 g/mol. The van der Waals surface area contributed by atoms with Crippen LogP contribution in [0.3, 0.4) is 0 Å². The van der Waals surface area contributed by atoms with Gasteiger partial charge in [-0.25, -0.2) is 15.4 Å². The number of nitrogens with zero attached hydrogens (tertiary/aromatic N) is 3. The van der Waals surface area contributed by atoms with Crippen LogP contribution in [0.4, 0.5) is 0 Å². The minimum absolute atomic E-state index is 0.190. The van der Waals surface area contributed by atoms with Gasteiger partial charge in [0.25, 0.3) is 5.91 Å². The van der Waals surface area contributed by atoms with E-state index in [1.807, 2.05) is 0 Å². The van der Waals surface area contributed by atoms with Crippen LogP contribution in [0.2, 0.25) is 5.02 Å². The first-order valence-corrected chi connectivity index (χ1v) is 5.84. The molecule has 86 valence electrons. The lowest BCUT2D eigenvalue weighted by molar-refractivity contribution is -0.118. The zero-order valence-corrected chi connectivity index (χ0v) is 10.5. The lowest BCUT2D eigenvalue weighted by atomic mass is 10.5. The van der Waals surface area contributed by atoms with Crippen LogP contribution < -0.4 is 5.43 Å². The SMILES string of the molecule is CC(C)=NNC(=O)CSc1ncc(Cl)cn1. The van der Waals surface area contributed by atoms with E-state index in [0.29, 0.717) is 10.2 Å². The first kappa shape index (κ1) is 12.9. The van der Waals surface area contributed by atoms with E-state index in [1.54, 1.807) is 13.8 Å². The summed E-state index contributed by atoms with van der Waals surface area (Å²) in [4.78, 5) is 19.2. The zero-order valence-electron chi connectivity index (χ0n) is 8.90. The molecule has 0 atom stereocenters. The van der Waals surface area contributed by atoms with Gasteiger partial charge in [-0.1, -0.05) is 23.4 Å². The van der Waals surface area contributed by atoms with Gasteiger partial charge in [0.05, 0.1) is 23.2 Å². The van der Waals surface area contributed by atoms with Crippen LogP contribution in [0, 0.1) is 0 Å². The Morgan fingerprint density at radius 3 is 2.69 bits per heavy atom. The Hall–Kier alpha value is -1.14. The lowest BCUT2D eigenvalue weighted by Crippen LogP contribution is -2.20. The van der Waals surface area contributed by atoms with Crippen molar-refractivity contribution in [3.05, 3.63) is 17.4 Å². The molecule has 0 saturated heterocycles. The molecule has 5 nitrogen and oxygen atoms in total. The van der Waals surface area contributed by atoms with E-state index in [-0.39, 0.29) is 11.7 Å². The number of hydrogen-bond donors (Lipinski definition) is 1. The molecule has 16 heavy (non-hydrogen) atoms. The highest BCUT2D eigenvalue weighted by atomic mass is 35.5. The van der Waals surface area contributed by atoms with Crippen LogP contribution in [0.1, 0.15) is 13.8 Å². The van der Waals surface area contributed by atoms with Crippen molar-refractivity contribution in [3.8, 4) is 0 Å². The molecular formula is C9H11ClN4OS. The molecule has 1 aromatic heterocycles. The van der Waals surface area contributed by atoms with Gasteiger partial charge in [-0.05, 0) is 13.8 Å². The van der Waals surface area contributed by atoms with Crippen LogP contribution in [0.25, 0.3) is 0 Å². The van der Waals surface area contributed by atoms with Crippen molar-refractivity contribution in [3.63, 3.8) is 0 Å². The number of thioether (sulfide) groups is 1. The molecule has 1 amide bonds. The quantitative estimate of drug-likeness (QED) is 0.387. The Morgan fingerprint density at radius 1 is 1.50 bits per heavy atom. The molecule has 0 fully saturated rings. The molecule has 0 aliphatic carbocycles. The number of hydrazone groups is 1. The van der Waals surface area contributed by atoms with Crippen molar-refractivity contribution in [1.82, 2.24) is 15.4 Å². The van der Waals surface area contributed by atoms with Gasteiger partial charge < -0.3 is 0 Å². The largest absolute Gasteiger partial charge is 0.272 e. The van der Waals surface area contributed by atoms with Crippen molar-refractivity contribution < 1.29 is 4.79 Å². The summed E-state index contributed by atoms with van der Waals surface area (Å²) in [7, 11) is 0. The summed E-state index contributed by atoms with van der Waals surface area (Å²) in [6, 6.07) is 0. The molecule has 0 unspecified atom stereocenters. The normalized spacial score (nSPS) is 9.69. The summed E-state index contributed by atoms with van der Waals surface area (Å²) < 4.78 is 0. The maximum Gasteiger partial charge on any atom is 0.250 e. The van der Waals surface area contributed by atoms with Crippen LogP contribution in [0.15, 0.2) is 22.7 Å². The fourth-order valence-electron chi connectivity index (χ4n) is 0.711. The number of aromatic nitrogens is 2. The fraction of sp³-hybridized carbons (Fsp3) is 0.333. The van der Waals surface area contributed by atoms with Gasteiger partial charge in [-0.2, -0.15) is 5.10 Å². The average Bonchev–Trinajstić information content (AvgIpc) is 2.25. The van der Waals surface area contributed by atoms with Crippen LogP contribution >= 0.6 is 23.4 Å². The molecule has 7 heteroatoms. The minimum Gasteiger partial charge on any atom is -0.272 e. The van der Waals surface area contributed by atoms with Gasteiger partial charge in [0.1, 0.15) is 0 Å². The number of rotatable bonds is 4. The van der Waals surface area contributed by atoms with Gasteiger partial charge in [0, 0.05) is 5.71 Å². The monoisotopic (exact) mass is 258 g/mol. The maximum absolute atomic E-state index is 11.3. The summed E-state index contributed by atoms with van der Waals surface area (Å²) in [6.45, 7) is 3.60. The third kappa shape index (κ3) is 5.09. The predicted octanol–water partition coefficient (Wildman–Crippen LogP) is 1.73. The minimum atomic E-state index is -0.190. The van der Waals surface area contributed by atoms with Crippen molar-refractivity contribution in [2.75, 3.05) is 5.75 Å². The molecule has 0 aliphatic heterocycles. The Balaban J connectivity index is 2.37. The van der Waals surface area contributed by atoms with E-state index in [4.69, 9.17) is 11.6 Å². The van der Waals surface area contributed by atoms with E-state index in [9.17, 15) is 4.79 Å². The van der Waals surface area contributed by atoms with Crippen molar-refractivity contribution in [2.24, 2.45) is 5.10 Å². The van der Waals surface area contributed by atoms with Gasteiger partial charge in [0.15, 0.2) is 5.16 Å². The topological polar surface area (TPSA) is 67.2 Å². The molecule has 1 N–H and O–H groups in total. The Morgan fingerprint density at radius 2 is 2.12 bits per heavy atom. The number of nitrogens with one attached hydrogen (secondary N) is 1. The molecule has 0 radical (unpaired) electrons. The number of halogens is 1. The highest BCUT2D eigenvalue weighted by molar-refractivity contribution is 7.99. The Kier molecular flexibility index (Phi) is 5.21. The van der Waals surface area contributed by atoms with Crippen LogP contribution in [-0.4, -0.2) is 27.3 Å². The molecule has 0 saturated carbocycles. The standard InChI is InChI=1S/C9H11ClN4OS/c1-6(2)13-14-8(15)5-16-9-11-3-7(10)4-12-9/h3-4H,5H2,1-2H3,(H,14,15). The van der Waals surface area contributed by atoms with Gasteiger partial charge in [0.2, 0.25) is 0 Å². The summed E-state index contributed by atoms with van der Waals surface area (Å²) in [5, 5.41) is 4.78. The van der Waals surface area contributed by atoms with E-state index in [0.717, 1.165) is 5.71 Å². The van der Waals surface area contributed by atoms with Gasteiger partial charge in [-0.15, -0.1) is 0 Å². The molecule has 1 heterocycles. The van der Waals surface area contributed by atoms with Crippen molar-refractivity contribution >= 4 is 35.0 Å². The van der Waals surface area contributed by atoms with Crippen molar-refractivity contribution in [1.29, 1.82) is 0 Å². The molecule has 1 aromatic rings. The van der Waals surface area contributed by atoms with Crippen molar-refractivity contribution in [2.45, 2.75) is 19.0 Å². The summed E-state index contributed by atoms with van der Waals surface area (Å²) >= 11 is 6.85. The number of amides is 1. The summed E-state index contributed by atoms with van der Waals surface area (Å²) in [5.41, 5.74) is 3.20. The van der Waals surface area contributed by atoms with Crippen LogP contribution in [0.5, 0.6) is 0 Å². The summed E-state index contributed by atoms with van der Waals surface area (Å²) in [5.74, 6) is 0.0306. The van der Waals surface area contributed by atoms with Crippen LogP contribution in [-0.2, 0) is 4.79 Å². The lowest BCUT2D eigenvalue weighted by Gasteiger charge is -1.99. The van der Waals surface area contributed by atoms with E-state index in [1.165, 1.54) is 24.2 Å². The highest BCUT2D eigenvalue weighted by Crippen LogP contribution is 2.13. The maximum atomic E-state index is 11.3. The second-order valence-electron chi connectivity index (χ2n) is 3.07. The van der Waals surface area contributed by atoms with Gasteiger partial charge in [-0.3, -0.25) is 4.79 Å². The summed E-state index contributed by atoms with van der Waals surface area (Å²) in [6.07, 6.45) is 2.98. The third-order valence-corrected chi connectivity index (χ3v) is 2.40. The molecule has 0 aliphatic rings. The smallest absolute Gasteiger partial charge is 0.250 e. The van der Waals surface area contributed by atoms with E-state index in [2.05, 4.69) is 20.5 Å². The number of hydrogen-bond acceptors (Lipinski definition) is 5. The second kappa shape index (κ2) is 6.44. The zero-order chi connectivity index (χ0) is 12.0. The second-order valence-corrected chi connectivity index (χ2v) is 4.45. The van der Waals surface area contributed by atoms with Gasteiger partial charge >= 0.3 is 0 Å². The Bertz CT molecular complexity index is 389. The molecule has 1 rings (SSSR count). The van der Waals surface area contributed by atoms with E-state index >= 15 is 0 Å².